The number of nitrogens with zero attached hydrogens (tertiary/aromatic N) is 1. The van der Waals surface area contributed by atoms with Crippen LogP contribution >= 0.6 is 0 Å². The van der Waals surface area contributed by atoms with Crippen molar-refractivity contribution in [1.29, 1.82) is 0 Å². The molecule has 25 heavy (non-hydrogen) atoms. The monoisotopic (exact) mass is 353 g/mol. The zero-order valence-electron chi connectivity index (χ0n) is 16.0. The molecule has 5 heteroatoms. The average molecular weight is 353 g/mol. The minimum absolute atomic E-state index is 0.0847. The SMILES string of the molecule is C=C(F)/C=C\C(=C)OCC1CCCN(C(=O)OC(C)(C)C)C1CCC. The van der Waals surface area contributed by atoms with Gasteiger partial charge < -0.3 is 14.4 Å². The molecule has 1 amide bonds. The van der Waals surface area contributed by atoms with E-state index in [2.05, 4.69) is 20.1 Å². The van der Waals surface area contributed by atoms with Crippen LogP contribution in [-0.2, 0) is 9.47 Å². The number of carbonyl (C=O) groups is 1. The third-order valence-corrected chi connectivity index (χ3v) is 4.06. The highest BCUT2D eigenvalue weighted by molar-refractivity contribution is 5.68. The Morgan fingerprint density at radius 2 is 2.00 bits per heavy atom. The second kappa shape index (κ2) is 9.64. The smallest absolute Gasteiger partial charge is 0.410 e. The Balaban J connectivity index is 2.73. The van der Waals surface area contributed by atoms with Gasteiger partial charge >= 0.3 is 6.09 Å². The van der Waals surface area contributed by atoms with E-state index in [1.54, 1.807) is 0 Å². The molecule has 0 saturated carbocycles. The highest BCUT2D eigenvalue weighted by Gasteiger charge is 2.36. The predicted molar refractivity (Wildman–Crippen MR) is 98.8 cm³/mol. The number of rotatable bonds is 7. The highest BCUT2D eigenvalue weighted by Crippen LogP contribution is 2.29. The van der Waals surface area contributed by atoms with Crippen molar-refractivity contribution in [3.8, 4) is 0 Å². The van der Waals surface area contributed by atoms with E-state index in [4.69, 9.17) is 9.47 Å². The fraction of sp³-hybridized carbons (Fsp3) is 0.650. The molecule has 1 heterocycles. The van der Waals surface area contributed by atoms with Crippen molar-refractivity contribution < 1.29 is 18.7 Å². The molecule has 0 aliphatic carbocycles. The fourth-order valence-electron chi connectivity index (χ4n) is 3.01. The summed E-state index contributed by atoms with van der Waals surface area (Å²) in [5.41, 5.74) is -0.509. The van der Waals surface area contributed by atoms with Gasteiger partial charge in [-0.3, -0.25) is 0 Å². The lowest BCUT2D eigenvalue weighted by atomic mass is 9.87. The van der Waals surface area contributed by atoms with Crippen LogP contribution in [0.1, 0.15) is 53.4 Å². The summed E-state index contributed by atoms with van der Waals surface area (Å²) in [5.74, 6) is 0.0609. The Kier molecular flexibility index (Phi) is 8.20. The molecule has 2 unspecified atom stereocenters. The van der Waals surface area contributed by atoms with Crippen LogP contribution in [0.2, 0.25) is 0 Å². The zero-order chi connectivity index (χ0) is 19.0. The van der Waals surface area contributed by atoms with Gasteiger partial charge in [0, 0.05) is 18.5 Å². The van der Waals surface area contributed by atoms with Crippen LogP contribution in [0.5, 0.6) is 0 Å². The number of hydrogen-bond donors (Lipinski definition) is 0. The minimum Gasteiger partial charge on any atom is -0.494 e. The second-order valence-corrected chi connectivity index (χ2v) is 7.49. The summed E-state index contributed by atoms with van der Waals surface area (Å²) >= 11 is 0. The molecule has 1 aliphatic rings. The third-order valence-electron chi connectivity index (χ3n) is 4.06. The molecule has 0 aromatic heterocycles. The first-order chi connectivity index (χ1) is 11.6. The van der Waals surface area contributed by atoms with E-state index in [0.29, 0.717) is 18.9 Å². The molecule has 0 bridgehead atoms. The van der Waals surface area contributed by atoms with Gasteiger partial charge in [0.25, 0.3) is 0 Å². The van der Waals surface area contributed by atoms with Crippen molar-refractivity contribution in [3.63, 3.8) is 0 Å². The molecule has 1 fully saturated rings. The minimum atomic E-state index is -0.539. The lowest BCUT2D eigenvalue weighted by Gasteiger charge is -2.41. The van der Waals surface area contributed by atoms with E-state index in [1.807, 2.05) is 25.7 Å². The summed E-state index contributed by atoms with van der Waals surface area (Å²) in [6.07, 6.45) is 6.20. The normalized spacial score (nSPS) is 21.2. The standard InChI is InChI=1S/C20H32FNO3/c1-7-9-18-17(14-24-16(3)12-11-15(2)21)10-8-13-22(18)19(23)25-20(4,5)6/h11-12,17-18H,2-3,7-10,13-14H2,1,4-6H3/b12-11-. The molecular weight excluding hydrogens is 321 g/mol. The topological polar surface area (TPSA) is 38.8 Å². The zero-order valence-corrected chi connectivity index (χ0v) is 16.0. The van der Waals surface area contributed by atoms with Gasteiger partial charge in [-0.15, -0.1) is 0 Å². The summed E-state index contributed by atoms with van der Waals surface area (Å²) in [6, 6.07) is 0.0847. The molecule has 0 radical (unpaired) electrons. The van der Waals surface area contributed by atoms with Crippen LogP contribution in [0.3, 0.4) is 0 Å². The second-order valence-electron chi connectivity index (χ2n) is 7.49. The molecule has 0 spiro atoms. The van der Waals surface area contributed by atoms with Crippen LogP contribution in [0.4, 0.5) is 9.18 Å². The summed E-state index contributed by atoms with van der Waals surface area (Å²) in [5, 5.41) is 0. The Bertz CT molecular complexity index is 508. The van der Waals surface area contributed by atoms with Crippen molar-refractivity contribution in [2.24, 2.45) is 5.92 Å². The number of allylic oxidation sites excluding steroid dienone is 3. The molecule has 1 saturated heterocycles. The van der Waals surface area contributed by atoms with E-state index >= 15 is 0 Å². The van der Waals surface area contributed by atoms with Crippen LogP contribution in [-0.4, -0.2) is 35.8 Å². The molecule has 0 aromatic rings. The lowest BCUT2D eigenvalue weighted by molar-refractivity contribution is -0.0104. The summed E-state index contributed by atoms with van der Waals surface area (Å²) in [7, 11) is 0. The molecule has 2 atom stereocenters. The van der Waals surface area contributed by atoms with E-state index in [0.717, 1.165) is 25.7 Å². The van der Waals surface area contributed by atoms with Gasteiger partial charge in [-0.2, -0.15) is 0 Å². The van der Waals surface area contributed by atoms with Gasteiger partial charge in [0.15, 0.2) is 0 Å². The van der Waals surface area contributed by atoms with Crippen molar-refractivity contribution in [1.82, 2.24) is 4.90 Å². The largest absolute Gasteiger partial charge is 0.494 e. The Labute approximate surface area is 151 Å². The van der Waals surface area contributed by atoms with E-state index in [9.17, 15) is 9.18 Å². The number of halogens is 1. The van der Waals surface area contributed by atoms with Gasteiger partial charge in [0.1, 0.15) is 17.2 Å². The number of likely N-dealkylation sites (tertiary alicyclic amines) is 1. The molecule has 142 valence electrons. The van der Waals surface area contributed by atoms with Crippen molar-refractivity contribution in [2.75, 3.05) is 13.2 Å². The first-order valence-electron chi connectivity index (χ1n) is 8.98. The Morgan fingerprint density at radius 1 is 1.32 bits per heavy atom. The van der Waals surface area contributed by atoms with Crippen LogP contribution in [0, 0.1) is 5.92 Å². The third kappa shape index (κ3) is 7.76. The van der Waals surface area contributed by atoms with Crippen LogP contribution < -0.4 is 0 Å². The maximum Gasteiger partial charge on any atom is 0.410 e. The number of ether oxygens (including phenoxy) is 2. The molecule has 1 aliphatic heterocycles. The highest BCUT2D eigenvalue weighted by atomic mass is 19.1. The van der Waals surface area contributed by atoms with Crippen molar-refractivity contribution in [2.45, 2.75) is 65.0 Å². The van der Waals surface area contributed by atoms with Gasteiger partial charge in [-0.05, 0) is 52.2 Å². The quantitative estimate of drug-likeness (QED) is 0.456. The first kappa shape index (κ1) is 21.3. The average Bonchev–Trinajstić information content (AvgIpc) is 2.50. The van der Waals surface area contributed by atoms with Gasteiger partial charge in [0.05, 0.1) is 6.61 Å². The van der Waals surface area contributed by atoms with Gasteiger partial charge in [-0.25, -0.2) is 9.18 Å². The van der Waals surface area contributed by atoms with E-state index < -0.39 is 11.4 Å². The molecule has 1 rings (SSSR count). The number of hydrogen-bond acceptors (Lipinski definition) is 3. The predicted octanol–water partition coefficient (Wildman–Crippen LogP) is 5.37. The lowest BCUT2D eigenvalue weighted by Crippen LogP contribution is -2.51. The maximum absolute atomic E-state index is 12.7. The summed E-state index contributed by atoms with van der Waals surface area (Å²) in [6.45, 7) is 15.8. The van der Waals surface area contributed by atoms with Crippen LogP contribution in [0.15, 0.2) is 36.9 Å². The summed E-state index contributed by atoms with van der Waals surface area (Å²) in [4.78, 5) is 14.4. The van der Waals surface area contributed by atoms with Crippen LogP contribution in [0.25, 0.3) is 0 Å². The number of piperidine rings is 1. The Morgan fingerprint density at radius 3 is 2.56 bits per heavy atom. The molecule has 4 nitrogen and oxygen atoms in total. The summed E-state index contributed by atoms with van der Waals surface area (Å²) < 4.78 is 23.9. The van der Waals surface area contributed by atoms with Gasteiger partial charge in [0.2, 0.25) is 0 Å². The Hall–Kier alpha value is -1.78. The van der Waals surface area contributed by atoms with Crippen molar-refractivity contribution >= 4 is 6.09 Å². The van der Waals surface area contributed by atoms with Gasteiger partial charge in [-0.1, -0.05) is 26.5 Å². The molecular formula is C20H32FNO3. The first-order valence-corrected chi connectivity index (χ1v) is 8.98. The van der Waals surface area contributed by atoms with E-state index in [1.165, 1.54) is 12.2 Å². The number of amides is 1. The molecule has 0 N–H and O–H groups in total. The van der Waals surface area contributed by atoms with E-state index in [-0.39, 0.29) is 18.1 Å². The number of carbonyl (C=O) groups excluding carboxylic acids is 1. The fourth-order valence-corrected chi connectivity index (χ4v) is 3.01. The molecule has 0 aromatic carbocycles. The maximum atomic E-state index is 12.7. The van der Waals surface area contributed by atoms with Crippen molar-refractivity contribution in [3.05, 3.63) is 36.9 Å².